The Morgan fingerprint density at radius 3 is 2.43 bits per heavy atom. The number of rotatable bonds is 2. The molecule has 1 heterocycles. The summed E-state index contributed by atoms with van der Waals surface area (Å²) in [4.78, 5) is 0. The van der Waals surface area contributed by atoms with Crippen molar-refractivity contribution >= 4 is 21.6 Å². The van der Waals surface area contributed by atoms with E-state index in [0.717, 1.165) is 16.6 Å². The predicted molar refractivity (Wildman–Crippen MR) is 76.6 cm³/mol. The lowest BCUT2D eigenvalue weighted by atomic mass is 10.1. The summed E-state index contributed by atoms with van der Waals surface area (Å²) in [6.07, 6.45) is 0. The van der Waals surface area contributed by atoms with Gasteiger partial charge >= 0.3 is 0 Å². The molecule has 2 aromatic carbocycles. The van der Waals surface area contributed by atoms with Crippen molar-refractivity contribution in [3.8, 4) is 17.1 Å². The summed E-state index contributed by atoms with van der Waals surface area (Å²) in [6.45, 7) is 0. The minimum Gasteiger partial charge on any atom is -0.398 e. The van der Waals surface area contributed by atoms with E-state index in [9.17, 15) is 8.78 Å². The van der Waals surface area contributed by atoms with Crippen LogP contribution in [0, 0.1) is 11.6 Å². The number of anilines is 1. The molecular formula is C13H8BrF2N5. The molecule has 0 aliphatic carbocycles. The summed E-state index contributed by atoms with van der Waals surface area (Å²) >= 11 is 3.33. The lowest BCUT2D eigenvalue weighted by molar-refractivity contribution is 0.509. The second-order valence-corrected chi connectivity index (χ2v) is 5.16. The normalized spacial score (nSPS) is 10.8. The number of nitrogens with two attached hydrogens (primary N) is 1. The smallest absolute Gasteiger partial charge is 0.189 e. The summed E-state index contributed by atoms with van der Waals surface area (Å²) in [6, 6.07) is 9.07. The van der Waals surface area contributed by atoms with Crippen molar-refractivity contribution < 1.29 is 8.78 Å². The van der Waals surface area contributed by atoms with E-state index < -0.39 is 11.6 Å². The molecule has 0 aliphatic heterocycles. The van der Waals surface area contributed by atoms with Crippen molar-refractivity contribution in [3.63, 3.8) is 0 Å². The van der Waals surface area contributed by atoms with Crippen molar-refractivity contribution in [2.45, 2.75) is 0 Å². The molecule has 106 valence electrons. The lowest BCUT2D eigenvalue weighted by Gasteiger charge is -2.07. The maximum Gasteiger partial charge on any atom is 0.189 e. The molecule has 0 atom stereocenters. The predicted octanol–water partition coefficient (Wildman–Crippen LogP) is 2.95. The quantitative estimate of drug-likeness (QED) is 0.720. The fourth-order valence-corrected chi connectivity index (χ4v) is 2.13. The summed E-state index contributed by atoms with van der Waals surface area (Å²) < 4.78 is 28.9. The molecule has 1 aromatic heterocycles. The average molecular weight is 352 g/mol. The lowest BCUT2D eigenvalue weighted by Crippen LogP contribution is -2.03. The first-order valence-corrected chi connectivity index (χ1v) is 6.65. The van der Waals surface area contributed by atoms with Gasteiger partial charge in [0.15, 0.2) is 17.5 Å². The molecule has 8 heteroatoms. The van der Waals surface area contributed by atoms with Gasteiger partial charge in [-0.25, -0.2) is 8.78 Å². The summed E-state index contributed by atoms with van der Waals surface area (Å²) in [5, 5.41) is 11.3. The summed E-state index contributed by atoms with van der Waals surface area (Å²) in [5.41, 5.74) is 6.68. The molecule has 0 saturated heterocycles. The summed E-state index contributed by atoms with van der Waals surface area (Å²) in [7, 11) is 0. The first-order valence-electron chi connectivity index (χ1n) is 5.85. The van der Waals surface area contributed by atoms with Crippen molar-refractivity contribution in [1.29, 1.82) is 0 Å². The van der Waals surface area contributed by atoms with Crippen molar-refractivity contribution in [1.82, 2.24) is 20.2 Å². The van der Waals surface area contributed by atoms with Crippen molar-refractivity contribution in [2.24, 2.45) is 0 Å². The monoisotopic (exact) mass is 351 g/mol. The van der Waals surface area contributed by atoms with Crippen LogP contribution in [0.5, 0.6) is 0 Å². The Labute approximate surface area is 126 Å². The first kappa shape index (κ1) is 13.6. The molecule has 0 unspecified atom stereocenters. The van der Waals surface area contributed by atoms with Gasteiger partial charge in [0.25, 0.3) is 0 Å². The average Bonchev–Trinajstić information content (AvgIpc) is 2.93. The van der Waals surface area contributed by atoms with Crippen LogP contribution in [0.3, 0.4) is 0 Å². The Bertz CT molecular complexity index is 801. The number of nitrogen functional groups attached to an aromatic ring is 1. The van der Waals surface area contributed by atoms with Crippen LogP contribution in [0.1, 0.15) is 0 Å². The first-order chi connectivity index (χ1) is 10.1. The number of hydrogen-bond acceptors (Lipinski definition) is 4. The third kappa shape index (κ3) is 2.49. The zero-order valence-electron chi connectivity index (χ0n) is 10.5. The molecule has 3 aromatic rings. The Balaban J connectivity index is 2.15. The van der Waals surface area contributed by atoms with E-state index in [-0.39, 0.29) is 17.1 Å². The van der Waals surface area contributed by atoms with Crippen molar-refractivity contribution in [3.05, 3.63) is 52.5 Å². The largest absolute Gasteiger partial charge is 0.398 e. The molecule has 5 nitrogen and oxygen atoms in total. The number of benzene rings is 2. The molecule has 0 radical (unpaired) electrons. The maximum absolute atomic E-state index is 13.4. The highest BCUT2D eigenvalue weighted by Gasteiger charge is 2.16. The Kier molecular flexibility index (Phi) is 3.38. The zero-order valence-corrected chi connectivity index (χ0v) is 12.1. The summed E-state index contributed by atoms with van der Waals surface area (Å²) in [5.74, 6) is -1.79. The van der Waals surface area contributed by atoms with Crippen LogP contribution in [0.15, 0.2) is 40.9 Å². The number of halogens is 3. The highest BCUT2D eigenvalue weighted by Crippen LogP contribution is 2.27. The highest BCUT2D eigenvalue weighted by atomic mass is 79.9. The highest BCUT2D eigenvalue weighted by molar-refractivity contribution is 9.10. The molecule has 2 N–H and O–H groups in total. The third-order valence-electron chi connectivity index (χ3n) is 2.87. The van der Waals surface area contributed by atoms with Crippen LogP contribution in [0.4, 0.5) is 14.5 Å². The van der Waals surface area contributed by atoms with Gasteiger partial charge in [-0.2, -0.15) is 4.68 Å². The minimum atomic E-state index is -1.01. The molecule has 0 aliphatic rings. The number of tetrazole rings is 1. The van der Waals surface area contributed by atoms with E-state index in [1.54, 1.807) is 12.1 Å². The van der Waals surface area contributed by atoms with Gasteiger partial charge in [-0.3, -0.25) is 0 Å². The molecule has 0 spiro atoms. The fraction of sp³-hybridized carbons (Fsp3) is 0. The van der Waals surface area contributed by atoms with Gasteiger partial charge < -0.3 is 5.73 Å². The topological polar surface area (TPSA) is 69.6 Å². The van der Waals surface area contributed by atoms with Crippen LogP contribution in [0.2, 0.25) is 0 Å². The van der Waals surface area contributed by atoms with Gasteiger partial charge in [-0.15, -0.1) is 5.10 Å². The van der Waals surface area contributed by atoms with E-state index in [0.29, 0.717) is 5.69 Å². The Hall–Kier alpha value is -2.35. The molecular weight excluding hydrogens is 344 g/mol. The third-order valence-corrected chi connectivity index (χ3v) is 3.40. The minimum absolute atomic E-state index is 0.0575. The second-order valence-electron chi connectivity index (χ2n) is 4.24. The Morgan fingerprint density at radius 1 is 1.05 bits per heavy atom. The molecule has 0 amide bonds. The van der Waals surface area contributed by atoms with Gasteiger partial charge in [0.2, 0.25) is 0 Å². The van der Waals surface area contributed by atoms with Gasteiger partial charge in [-0.1, -0.05) is 15.9 Å². The van der Waals surface area contributed by atoms with E-state index in [4.69, 9.17) is 5.73 Å². The van der Waals surface area contributed by atoms with Crippen LogP contribution in [0.25, 0.3) is 17.1 Å². The molecule has 0 fully saturated rings. The fourth-order valence-electron chi connectivity index (χ4n) is 1.87. The van der Waals surface area contributed by atoms with Gasteiger partial charge in [0.1, 0.15) is 0 Å². The molecule has 3 rings (SSSR count). The van der Waals surface area contributed by atoms with Crippen LogP contribution in [-0.2, 0) is 0 Å². The van der Waals surface area contributed by atoms with Crippen LogP contribution < -0.4 is 5.73 Å². The molecule has 0 saturated carbocycles. The van der Waals surface area contributed by atoms with E-state index in [1.807, 2.05) is 12.1 Å². The maximum atomic E-state index is 13.4. The second kappa shape index (κ2) is 5.21. The van der Waals surface area contributed by atoms with Crippen LogP contribution in [-0.4, -0.2) is 20.2 Å². The van der Waals surface area contributed by atoms with Crippen LogP contribution >= 0.6 is 15.9 Å². The number of nitrogens with zero attached hydrogens (tertiary/aromatic N) is 4. The standard InChI is InChI=1S/C13H8BrF2N5/c14-7-1-3-8(4-2-7)21-13(18-19-20-21)9-5-10(15)11(16)6-12(9)17/h1-6H,17H2. The molecule has 21 heavy (non-hydrogen) atoms. The van der Waals surface area contributed by atoms with Gasteiger partial charge in [-0.05, 0) is 40.8 Å². The number of aromatic nitrogens is 4. The van der Waals surface area contributed by atoms with Gasteiger partial charge in [0, 0.05) is 21.8 Å². The van der Waals surface area contributed by atoms with E-state index in [1.165, 1.54) is 4.68 Å². The molecule has 0 bridgehead atoms. The van der Waals surface area contributed by atoms with Gasteiger partial charge in [0.05, 0.1) is 5.69 Å². The van der Waals surface area contributed by atoms with Crippen molar-refractivity contribution in [2.75, 3.05) is 5.73 Å². The van der Waals surface area contributed by atoms with E-state index in [2.05, 4.69) is 31.5 Å². The SMILES string of the molecule is Nc1cc(F)c(F)cc1-c1nnnn1-c1ccc(Br)cc1. The van der Waals surface area contributed by atoms with E-state index >= 15 is 0 Å². The Morgan fingerprint density at radius 2 is 1.71 bits per heavy atom. The number of hydrogen-bond donors (Lipinski definition) is 1. The zero-order chi connectivity index (χ0) is 15.0.